The van der Waals surface area contributed by atoms with Crippen LogP contribution in [0.25, 0.3) is 0 Å². The summed E-state index contributed by atoms with van der Waals surface area (Å²) in [5.74, 6) is 10.9. The molecule has 1 heterocycles. The highest BCUT2D eigenvalue weighted by molar-refractivity contribution is 7.45. The van der Waals surface area contributed by atoms with Crippen LogP contribution in [0, 0.1) is 0 Å². The van der Waals surface area contributed by atoms with Gasteiger partial charge in [0.15, 0.2) is 0 Å². The van der Waals surface area contributed by atoms with Crippen molar-refractivity contribution in [1.29, 1.82) is 0 Å². The number of hydrazine groups is 2. The normalized spacial score (nSPS) is 10.2. The second-order valence-corrected chi connectivity index (χ2v) is 3.93. The molecule has 10 N–H and O–H groups in total. The first kappa shape index (κ1) is 17.2. The summed E-state index contributed by atoms with van der Waals surface area (Å²) in [6.45, 7) is 4.04. The number of nitrogens with zero attached hydrogens (tertiary/aromatic N) is 4. The molecule has 0 aromatic carbocycles. The highest BCUT2D eigenvalue weighted by Crippen LogP contribution is 2.25. The van der Waals surface area contributed by atoms with E-state index < -0.39 is 7.82 Å². The van der Waals surface area contributed by atoms with Gasteiger partial charge in [-0.25, -0.2) is 21.4 Å². The van der Waals surface area contributed by atoms with E-state index in [9.17, 15) is 0 Å². The molecule has 1 rings (SSSR count). The van der Waals surface area contributed by atoms with Gasteiger partial charge in [-0.2, -0.15) is 15.0 Å². The highest BCUT2D eigenvalue weighted by Gasteiger charge is 2.05. The quantitative estimate of drug-likeness (QED) is 0.135. The van der Waals surface area contributed by atoms with Crippen molar-refractivity contribution in [2.45, 2.75) is 0 Å². The van der Waals surface area contributed by atoms with E-state index >= 15 is 0 Å². The molecule has 1 aromatic heterocycles. The van der Waals surface area contributed by atoms with Gasteiger partial charge < -0.3 is 25.7 Å². The van der Waals surface area contributed by atoms with Crippen LogP contribution in [0.3, 0.4) is 0 Å². The van der Waals surface area contributed by atoms with Crippen LogP contribution < -0.4 is 27.9 Å². The average molecular weight is 294 g/mol. The number of nitrogen functional groups attached to an aromatic ring is 1. The van der Waals surface area contributed by atoms with E-state index in [1.165, 1.54) is 0 Å². The van der Waals surface area contributed by atoms with E-state index in [4.69, 9.17) is 36.7 Å². The van der Waals surface area contributed by atoms with Gasteiger partial charge in [-0.1, -0.05) is 6.08 Å². The maximum Gasteiger partial charge on any atom is 0.466 e. The number of hydrogen-bond acceptors (Lipinski definition) is 9. The van der Waals surface area contributed by atoms with Crippen LogP contribution >= 0.6 is 7.82 Å². The van der Waals surface area contributed by atoms with E-state index in [2.05, 4.69) is 26.8 Å². The van der Waals surface area contributed by atoms with E-state index in [-0.39, 0.29) is 11.9 Å². The summed E-state index contributed by atoms with van der Waals surface area (Å²) in [6.07, 6.45) is 1.66. The summed E-state index contributed by atoms with van der Waals surface area (Å²) in [6, 6.07) is 0. The molecule has 0 fully saturated rings. The zero-order chi connectivity index (χ0) is 15.1. The van der Waals surface area contributed by atoms with Crippen LogP contribution in [-0.4, -0.2) is 36.2 Å². The average Bonchev–Trinajstić information content (AvgIpc) is 2.23. The van der Waals surface area contributed by atoms with E-state index in [0.717, 1.165) is 5.12 Å². The molecule has 13 heteroatoms. The summed E-state index contributed by atoms with van der Waals surface area (Å²) < 4.78 is 8.88. The monoisotopic (exact) mass is 294 g/mol. The predicted octanol–water partition coefficient (Wildman–Crippen LogP) is -2.32. The Labute approximate surface area is 108 Å². The molecule has 108 valence electrons. The number of phosphoric acid groups is 1. The van der Waals surface area contributed by atoms with Crippen LogP contribution in [-0.2, 0) is 4.57 Å². The fourth-order valence-electron chi connectivity index (χ4n) is 0.739. The lowest BCUT2D eigenvalue weighted by molar-refractivity contribution is 0.275. The smallest absolute Gasteiger partial charge is 0.368 e. The number of nitrogens with two attached hydrogens (primary N) is 3. The maximum absolute atomic E-state index is 8.88. The molecule has 0 amide bonds. The standard InChI is InChI=1S/C6H12N8.H3O4P/c1-2-3-10-5-11-4(7)12-6(13-5)14(8)9;1-5(2,3)4/h2H,1,3,8-9H2,(H3,7,10,11,12,13);(H3,1,2,3,4). The van der Waals surface area contributed by atoms with E-state index in [1.807, 2.05) is 0 Å². The van der Waals surface area contributed by atoms with Crippen molar-refractivity contribution in [3.05, 3.63) is 12.7 Å². The van der Waals surface area contributed by atoms with Gasteiger partial charge >= 0.3 is 7.82 Å². The lowest BCUT2D eigenvalue weighted by Gasteiger charge is -2.10. The first-order chi connectivity index (χ1) is 8.63. The summed E-state index contributed by atoms with van der Waals surface area (Å²) in [5.41, 5.74) is 5.40. The Balaban J connectivity index is 0.000000555. The second-order valence-electron chi connectivity index (χ2n) is 2.91. The number of aromatic nitrogens is 3. The fraction of sp³-hybridized carbons (Fsp3) is 0.167. The molecule has 0 radical (unpaired) electrons. The van der Waals surface area contributed by atoms with Gasteiger partial charge in [0.25, 0.3) is 5.95 Å². The lowest BCUT2D eigenvalue weighted by atomic mass is 10.6. The molecule has 0 atom stereocenters. The Hall–Kier alpha value is -1.82. The third kappa shape index (κ3) is 9.84. The molecule has 0 saturated heterocycles. The first-order valence-electron chi connectivity index (χ1n) is 4.57. The number of rotatable bonds is 4. The van der Waals surface area contributed by atoms with Crippen LogP contribution in [0.5, 0.6) is 0 Å². The van der Waals surface area contributed by atoms with Gasteiger partial charge in [-0.15, -0.1) is 6.58 Å². The van der Waals surface area contributed by atoms with Gasteiger partial charge in [0, 0.05) is 6.54 Å². The third-order valence-corrected chi connectivity index (χ3v) is 1.28. The molecule has 0 aliphatic carbocycles. The van der Waals surface area contributed by atoms with Crippen LogP contribution in [0.1, 0.15) is 0 Å². The molecule has 0 aliphatic rings. The van der Waals surface area contributed by atoms with Crippen molar-refractivity contribution in [1.82, 2.24) is 15.0 Å². The lowest BCUT2D eigenvalue weighted by Crippen LogP contribution is -2.39. The molecule has 0 saturated carbocycles. The largest absolute Gasteiger partial charge is 0.466 e. The molecule has 0 bridgehead atoms. The van der Waals surface area contributed by atoms with Gasteiger partial charge in [-0.05, 0) is 0 Å². The summed E-state index contributed by atoms with van der Waals surface area (Å²) >= 11 is 0. The maximum atomic E-state index is 8.88. The number of hydrogen-bond donors (Lipinski definition) is 7. The second kappa shape index (κ2) is 7.58. The van der Waals surface area contributed by atoms with Crippen molar-refractivity contribution in [3.8, 4) is 0 Å². The van der Waals surface area contributed by atoms with E-state index in [0.29, 0.717) is 12.5 Å². The summed E-state index contributed by atoms with van der Waals surface area (Å²) in [4.78, 5) is 33.0. The minimum absolute atomic E-state index is 0.0439. The van der Waals surface area contributed by atoms with Crippen LogP contribution in [0.15, 0.2) is 12.7 Å². The molecular formula is C6H15N8O4P. The third-order valence-electron chi connectivity index (χ3n) is 1.28. The summed E-state index contributed by atoms with van der Waals surface area (Å²) in [7, 11) is -4.64. The molecule has 19 heavy (non-hydrogen) atoms. The van der Waals surface area contributed by atoms with Gasteiger partial charge in [0.2, 0.25) is 11.9 Å². The first-order valence-corrected chi connectivity index (χ1v) is 6.14. The topological polar surface area (TPSA) is 210 Å². The van der Waals surface area contributed by atoms with Crippen molar-refractivity contribution in [2.75, 3.05) is 22.7 Å². The van der Waals surface area contributed by atoms with Crippen molar-refractivity contribution < 1.29 is 19.2 Å². The molecule has 0 unspecified atom stereocenters. The summed E-state index contributed by atoms with van der Waals surface area (Å²) in [5, 5.41) is 3.59. The van der Waals surface area contributed by atoms with Crippen LogP contribution in [0.4, 0.5) is 17.8 Å². The van der Waals surface area contributed by atoms with Crippen molar-refractivity contribution in [3.63, 3.8) is 0 Å². The highest BCUT2D eigenvalue weighted by atomic mass is 31.2. The number of anilines is 3. The molecule has 12 nitrogen and oxygen atoms in total. The molecule has 0 aliphatic heterocycles. The minimum atomic E-state index is -4.64. The molecule has 0 spiro atoms. The minimum Gasteiger partial charge on any atom is -0.368 e. The molecule has 1 aromatic rings. The van der Waals surface area contributed by atoms with Gasteiger partial charge in [0.05, 0.1) is 0 Å². The van der Waals surface area contributed by atoms with Crippen molar-refractivity contribution in [2.24, 2.45) is 11.7 Å². The SMILES string of the molecule is C=CCNc1nc(N)nc(N(N)N)n1.O=P(O)(O)O. The van der Waals surface area contributed by atoms with Crippen LogP contribution in [0.2, 0.25) is 0 Å². The Bertz CT molecular complexity index is 454. The zero-order valence-corrected chi connectivity index (χ0v) is 10.6. The van der Waals surface area contributed by atoms with Crippen molar-refractivity contribution >= 4 is 25.7 Å². The zero-order valence-electron chi connectivity index (χ0n) is 9.71. The predicted molar refractivity (Wildman–Crippen MR) is 68.0 cm³/mol. The Morgan fingerprint density at radius 3 is 2.26 bits per heavy atom. The molecular weight excluding hydrogens is 279 g/mol. The fourth-order valence-corrected chi connectivity index (χ4v) is 0.739. The Kier molecular flexibility index (Phi) is 6.85. The Morgan fingerprint density at radius 1 is 1.32 bits per heavy atom. The van der Waals surface area contributed by atoms with E-state index in [1.54, 1.807) is 6.08 Å². The van der Waals surface area contributed by atoms with Gasteiger partial charge in [-0.3, -0.25) is 0 Å². The van der Waals surface area contributed by atoms with Gasteiger partial charge in [0.1, 0.15) is 0 Å². The number of nitrogens with one attached hydrogen (secondary N) is 1. The Morgan fingerprint density at radius 2 is 1.84 bits per heavy atom.